The largest absolute Gasteiger partial charge is 0.300 e. The van der Waals surface area contributed by atoms with Crippen LogP contribution in [0.25, 0.3) is 0 Å². The average molecular weight is 350 g/mol. The van der Waals surface area contributed by atoms with Gasteiger partial charge in [-0.25, -0.2) is 16.8 Å². The van der Waals surface area contributed by atoms with Gasteiger partial charge in [0, 0.05) is 46.0 Å². The van der Waals surface area contributed by atoms with E-state index in [9.17, 15) is 16.8 Å². The molecule has 0 unspecified atom stereocenters. The summed E-state index contributed by atoms with van der Waals surface area (Å²) in [5.74, 6) is 0.0987. The zero-order chi connectivity index (χ0) is 16.5. The molecule has 1 saturated heterocycles. The first kappa shape index (κ1) is 17.4. The second-order valence-electron chi connectivity index (χ2n) is 5.59. The number of nitrogens with zero attached hydrogens (tertiary/aromatic N) is 4. The fourth-order valence-electron chi connectivity index (χ4n) is 2.36. The lowest BCUT2D eigenvalue weighted by atomic mass is 10.4. The van der Waals surface area contributed by atoms with Gasteiger partial charge in [0.1, 0.15) is 14.7 Å². The summed E-state index contributed by atoms with van der Waals surface area (Å²) < 4.78 is 50.5. The SMILES string of the molecule is Cc1c(S(=O)(=O)N2CCN(CCS(C)(=O)=O)CC2)cnn1C. The fraction of sp³-hybridized carbons (Fsp3) is 0.750. The predicted molar refractivity (Wildman–Crippen MR) is 82.9 cm³/mol. The topological polar surface area (TPSA) is 92.6 Å². The molecular formula is C12H22N4O4S2. The van der Waals surface area contributed by atoms with E-state index in [4.69, 9.17) is 0 Å². The van der Waals surface area contributed by atoms with Crippen molar-refractivity contribution in [3.63, 3.8) is 0 Å². The smallest absolute Gasteiger partial charge is 0.246 e. The molecule has 0 bridgehead atoms. The van der Waals surface area contributed by atoms with E-state index in [1.165, 1.54) is 21.4 Å². The third-order valence-corrected chi connectivity index (χ3v) is 6.84. The molecule has 0 atom stereocenters. The molecular weight excluding hydrogens is 328 g/mol. The normalized spacial score (nSPS) is 18.7. The van der Waals surface area contributed by atoms with Crippen LogP contribution >= 0.6 is 0 Å². The maximum Gasteiger partial charge on any atom is 0.246 e. The standard InChI is InChI=1S/C12H22N4O4S2/c1-11-12(10-13-14(11)2)22(19,20)16-6-4-15(5-7-16)8-9-21(3,17)18/h10H,4-9H2,1-3H3. The molecule has 1 fully saturated rings. The number of aromatic nitrogens is 2. The average Bonchev–Trinajstić information content (AvgIpc) is 2.77. The van der Waals surface area contributed by atoms with E-state index in [0.717, 1.165) is 0 Å². The van der Waals surface area contributed by atoms with Gasteiger partial charge in [0.25, 0.3) is 0 Å². The fourth-order valence-corrected chi connectivity index (χ4v) is 4.56. The Morgan fingerprint density at radius 1 is 1.14 bits per heavy atom. The molecule has 0 spiro atoms. The van der Waals surface area contributed by atoms with Gasteiger partial charge in [-0.05, 0) is 6.92 Å². The zero-order valence-corrected chi connectivity index (χ0v) is 14.7. The molecule has 0 amide bonds. The van der Waals surface area contributed by atoms with Gasteiger partial charge in [0.2, 0.25) is 10.0 Å². The number of hydrogen-bond acceptors (Lipinski definition) is 6. The number of sulfone groups is 1. The van der Waals surface area contributed by atoms with Gasteiger partial charge in [0.05, 0.1) is 17.6 Å². The van der Waals surface area contributed by atoms with Crippen LogP contribution in [0.1, 0.15) is 5.69 Å². The van der Waals surface area contributed by atoms with Crippen LogP contribution in [-0.4, -0.2) is 80.6 Å². The van der Waals surface area contributed by atoms with Gasteiger partial charge in [-0.2, -0.15) is 9.40 Å². The van der Waals surface area contributed by atoms with Crippen molar-refractivity contribution < 1.29 is 16.8 Å². The van der Waals surface area contributed by atoms with Crippen molar-refractivity contribution in [2.45, 2.75) is 11.8 Å². The van der Waals surface area contributed by atoms with Crippen molar-refractivity contribution in [1.82, 2.24) is 19.0 Å². The number of sulfonamides is 1. The highest BCUT2D eigenvalue weighted by Crippen LogP contribution is 2.20. The minimum Gasteiger partial charge on any atom is -0.300 e. The van der Waals surface area contributed by atoms with Gasteiger partial charge in [-0.3, -0.25) is 9.58 Å². The Hall–Kier alpha value is -0.970. The summed E-state index contributed by atoms with van der Waals surface area (Å²) in [5, 5.41) is 3.98. The number of rotatable bonds is 5. The van der Waals surface area contributed by atoms with E-state index in [1.807, 2.05) is 4.90 Å². The van der Waals surface area contributed by atoms with Gasteiger partial charge in [-0.1, -0.05) is 0 Å². The summed E-state index contributed by atoms with van der Waals surface area (Å²) in [5.41, 5.74) is 0.611. The van der Waals surface area contributed by atoms with E-state index in [0.29, 0.717) is 38.4 Å². The molecule has 126 valence electrons. The van der Waals surface area contributed by atoms with Crippen LogP contribution in [0.4, 0.5) is 0 Å². The molecule has 1 aromatic rings. The lowest BCUT2D eigenvalue weighted by molar-refractivity contribution is 0.197. The van der Waals surface area contributed by atoms with Crippen LogP contribution in [0.3, 0.4) is 0 Å². The molecule has 10 heteroatoms. The lowest BCUT2D eigenvalue weighted by Crippen LogP contribution is -2.49. The van der Waals surface area contributed by atoms with Crippen LogP contribution in [0, 0.1) is 6.92 Å². The van der Waals surface area contributed by atoms with Gasteiger partial charge < -0.3 is 0 Å². The molecule has 22 heavy (non-hydrogen) atoms. The molecule has 1 aromatic heterocycles. The number of hydrogen-bond donors (Lipinski definition) is 0. The zero-order valence-electron chi connectivity index (χ0n) is 13.1. The summed E-state index contributed by atoms with van der Waals surface area (Å²) in [4.78, 5) is 2.21. The van der Waals surface area contributed by atoms with E-state index in [1.54, 1.807) is 14.0 Å². The maximum atomic E-state index is 12.6. The van der Waals surface area contributed by atoms with Crippen LogP contribution in [0.5, 0.6) is 0 Å². The Balaban J connectivity index is 2.01. The summed E-state index contributed by atoms with van der Waals surface area (Å²) >= 11 is 0. The first-order valence-corrected chi connectivity index (χ1v) is 10.5. The highest BCUT2D eigenvalue weighted by Gasteiger charge is 2.31. The summed E-state index contributed by atoms with van der Waals surface area (Å²) in [6.07, 6.45) is 2.58. The third kappa shape index (κ3) is 3.86. The Morgan fingerprint density at radius 3 is 2.18 bits per heavy atom. The molecule has 1 aliphatic heterocycles. The molecule has 2 heterocycles. The molecule has 0 saturated carbocycles. The van der Waals surface area contributed by atoms with Gasteiger partial charge in [0.15, 0.2) is 0 Å². The van der Waals surface area contributed by atoms with Gasteiger partial charge >= 0.3 is 0 Å². The summed E-state index contributed by atoms with van der Waals surface area (Å²) in [6.45, 7) is 3.96. The molecule has 1 aliphatic rings. The van der Waals surface area contributed by atoms with Crippen molar-refractivity contribution >= 4 is 19.9 Å². The maximum absolute atomic E-state index is 12.6. The first-order chi connectivity index (χ1) is 10.1. The van der Waals surface area contributed by atoms with Crippen molar-refractivity contribution in [3.8, 4) is 0 Å². The Kier molecular flexibility index (Phi) is 4.95. The minimum absolute atomic E-state index is 0.0987. The summed E-state index contributed by atoms with van der Waals surface area (Å²) in [7, 11) is -4.82. The van der Waals surface area contributed by atoms with Crippen LogP contribution in [0.15, 0.2) is 11.1 Å². The monoisotopic (exact) mass is 350 g/mol. The highest BCUT2D eigenvalue weighted by atomic mass is 32.2. The quantitative estimate of drug-likeness (QED) is 0.682. The second-order valence-corrected chi connectivity index (χ2v) is 9.76. The highest BCUT2D eigenvalue weighted by molar-refractivity contribution is 7.90. The van der Waals surface area contributed by atoms with E-state index in [2.05, 4.69) is 5.10 Å². The molecule has 0 aliphatic carbocycles. The van der Waals surface area contributed by atoms with E-state index < -0.39 is 19.9 Å². The second kappa shape index (κ2) is 6.26. The van der Waals surface area contributed by atoms with Crippen molar-refractivity contribution in [3.05, 3.63) is 11.9 Å². The van der Waals surface area contributed by atoms with Crippen LogP contribution in [-0.2, 0) is 26.9 Å². The number of aryl methyl sites for hydroxylation is 1. The van der Waals surface area contributed by atoms with Crippen molar-refractivity contribution in [2.24, 2.45) is 7.05 Å². The molecule has 0 aromatic carbocycles. The summed E-state index contributed by atoms with van der Waals surface area (Å²) in [6, 6.07) is 0. The minimum atomic E-state index is -3.53. The van der Waals surface area contributed by atoms with Crippen LogP contribution in [0.2, 0.25) is 0 Å². The van der Waals surface area contributed by atoms with Crippen molar-refractivity contribution in [1.29, 1.82) is 0 Å². The molecule has 8 nitrogen and oxygen atoms in total. The van der Waals surface area contributed by atoms with Crippen LogP contribution < -0.4 is 0 Å². The van der Waals surface area contributed by atoms with Gasteiger partial charge in [-0.15, -0.1) is 0 Å². The Morgan fingerprint density at radius 2 is 1.73 bits per heavy atom. The van der Waals surface area contributed by atoms with Crippen molar-refractivity contribution in [2.75, 3.05) is 44.7 Å². The molecule has 0 radical (unpaired) electrons. The Labute approximate surface area is 131 Å². The predicted octanol–water partition coefficient (Wildman–Crippen LogP) is -0.921. The van der Waals surface area contributed by atoms with E-state index in [-0.39, 0.29) is 10.6 Å². The number of piperazine rings is 1. The first-order valence-electron chi connectivity index (χ1n) is 7.00. The lowest BCUT2D eigenvalue weighted by Gasteiger charge is -2.33. The Bertz CT molecular complexity index is 731. The van der Waals surface area contributed by atoms with E-state index >= 15 is 0 Å². The third-order valence-electron chi connectivity index (χ3n) is 3.92. The molecule has 0 N–H and O–H groups in total. The molecule has 2 rings (SSSR count).